The van der Waals surface area contributed by atoms with Gasteiger partial charge in [0.2, 0.25) is 0 Å². The summed E-state index contributed by atoms with van der Waals surface area (Å²) in [4.78, 5) is 51.7. The van der Waals surface area contributed by atoms with E-state index < -0.39 is 6.03 Å². The number of hydroxylamine groups is 1. The molecule has 0 unspecified atom stereocenters. The Balaban J connectivity index is 1.19. The monoisotopic (exact) mass is 592 g/mol. The number of carbonyl (C=O) groups is 3. The number of alkyl halides is 1. The topological polar surface area (TPSA) is 145 Å². The van der Waals surface area contributed by atoms with Crippen LogP contribution in [0.15, 0.2) is 84.9 Å². The van der Waals surface area contributed by atoms with Crippen LogP contribution in [-0.4, -0.2) is 40.2 Å². The highest BCUT2D eigenvalue weighted by molar-refractivity contribution is 6.19. The van der Waals surface area contributed by atoms with Crippen LogP contribution < -0.4 is 26.3 Å². The van der Waals surface area contributed by atoms with Gasteiger partial charge in [0, 0.05) is 57.3 Å². The summed E-state index contributed by atoms with van der Waals surface area (Å²) < 4.78 is 0. The van der Waals surface area contributed by atoms with Crippen molar-refractivity contribution in [1.82, 2.24) is 15.4 Å². The van der Waals surface area contributed by atoms with E-state index in [1.807, 2.05) is 66.7 Å². The number of nitrogens with zero attached hydrogens (tertiary/aromatic N) is 1. The van der Waals surface area contributed by atoms with E-state index >= 15 is 0 Å². The molecule has 2 aromatic heterocycles. The second-order valence-corrected chi connectivity index (χ2v) is 10.7. The number of nitrogens with two attached hydrogens (primary N) is 1. The second kappa shape index (κ2) is 10.4. The van der Waals surface area contributed by atoms with Crippen molar-refractivity contribution in [3.05, 3.63) is 102 Å². The van der Waals surface area contributed by atoms with Gasteiger partial charge in [0.1, 0.15) is 11.4 Å². The number of aromatic nitrogens is 2. The number of nitrogens with one attached hydrogen (secondary N) is 4. The van der Waals surface area contributed by atoms with E-state index in [4.69, 9.17) is 22.2 Å². The van der Waals surface area contributed by atoms with E-state index in [1.165, 1.54) is 0 Å². The molecule has 1 aliphatic heterocycles. The summed E-state index contributed by atoms with van der Waals surface area (Å²) >= 11 is 6.40. The van der Waals surface area contributed by atoms with Crippen molar-refractivity contribution in [2.75, 3.05) is 22.6 Å². The van der Waals surface area contributed by atoms with E-state index in [1.54, 1.807) is 23.1 Å². The lowest BCUT2D eigenvalue weighted by Crippen LogP contribution is -2.32. The molecule has 0 bridgehead atoms. The first-order valence-corrected chi connectivity index (χ1v) is 14.1. The number of hydrogen-bond acceptors (Lipinski definition) is 4. The Bertz CT molecular complexity index is 2050. The Morgan fingerprint density at radius 3 is 2.40 bits per heavy atom. The number of para-hydroxylation sites is 1. The molecule has 4 aromatic carbocycles. The standard InChI is InChI=1S/C32H25ClN6O4/c33-15-19-16-39(27-14-28(43-38-32(34)42)21-6-2-3-7-22(21)29(19)27)31(41)26-13-18-11-20(9-10-24(18)37-26)35-30(40)25-12-17-5-1-4-8-23(17)36-25/h1-14,19,36-37H,15-16H2,(H,35,40)(H3,34,38,42)/t19-/m1/s1. The number of benzene rings is 4. The number of urea groups is 1. The number of hydrogen-bond donors (Lipinski definition) is 5. The molecule has 43 heavy (non-hydrogen) atoms. The molecular weight excluding hydrogens is 568 g/mol. The molecule has 0 saturated carbocycles. The predicted octanol–water partition coefficient (Wildman–Crippen LogP) is 6.00. The van der Waals surface area contributed by atoms with Gasteiger partial charge in [-0.25, -0.2) is 4.79 Å². The van der Waals surface area contributed by atoms with Crippen LogP contribution in [0.5, 0.6) is 5.75 Å². The number of amides is 4. The smallest absolute Gasteiger partial charge is 0.345 e. The summed E-state index contributed by atoms with van der Waals surface area (Å²) in [5.74, 6) is 0.0388. The summed E-state index contributed by atoms with van der Waals surface area (Å²) in [6.45, 7) is 0.371. The maximum absolute atomic E-state index is 13.9. The van der Waals surface area contributed by atoms with Gasteiger partial charge in [-0.3, -0.25) is 9.59 Å². The van der Waals surface area contributed by atoms with E-state index in [0.717, 1.165) is 38.1 Å². The molecule has 0 radical (unpaired) electrons. The molecule has 3 heterocycles. The highest BCUT2D eigenvalue weighted by Gasteiger charge is 2.35. The minimum absolute atomic E-state index is 0.112. The predicted molar refractivity (Wildman–Crippen MR) is 167 cm³/mol. The quantitative estimate of drug-likeness (QED) is 0.119. The molecular formula is C32H25ClN6O4. The van der Waals surface area contributed by atoms with Crippen LogP contribution in [0.1, 0.15) is 32.5 Å². The van der Waals surface area contributed by atoms with Crippen LogP contribution in [0.4, 0.5) is 16.2 Å². The molecule has 0 spiro atoms. The van der Waals surface area contributed by atoms with Crippen molar-refractivity contribution in [2.24, 2.45) is 5.73 Å². The number of anilines is 2. The molecule has 1 aliphatic rings. The summed E-state index contributed by atoms with van der Waals surface area (Å²) in [7, 11) is 0. The molecule has 0 saturated heterocycles. The summed E-state index contributed by atoms with van der Waals surface area (Å²) in [6.07, 6.45) is 0. The van der Waals surface area contributed by atoms with Crippen LogP contribution in [0, 0.1) is 0 Å². The second-order valence-electron chi connectivity index (χ2n) is 10.4. The van der Waals surface area contributed by atoms with Gasteiger partial charge in [-0.2, -0.15) is 5.48 Å². The molecule has 10 nitrogen and oxygen atoms in total. The maximum atomic E-state index is 13.9. The lowest BCUT2D eigenvalue weighted by atomic mass is 9.95. The fourth-order valence-corrected chi connectivity index (χ4v) is 6.04. The van der Waals surface area contributed by atoms with Gasteiger partial charge < -0.3 is 30.8 Å². The lowest BCUT2D eigenvalue weighted by Gasteiger charge is -2.18. The number of fused-ring (bicyclic) bond motifs is 5. The van der Waals surface area contributed by atoms with Gasteiger partial charge >= 0.3 is 6.03 Å². The van der Waals surface area contributed by atoms with Crippen LogP contribution >= 0.6 is 11.6 Å². The van der Waals surface area contributed by atoms with Crippen molar-refractivity contribution in [2.45, 2.75) is 5.92 Å². The van der Waals surface area contributed by atoms with Gasteiger partial charge in [0.05, 0.1) is 5.69 Å². The zero-order valence-electron chi connectivity index (χ0n) is 22.6. The normalized spacial score (nSPS) is 14.3. The van der Waals surface area contributed by atoms with Crippen LogP contribution in [0.2, 0.25) is 0 Å². The number of halogens is 1. The van der Waals surface area contributed by atoms with Gasteiger partial charge in [-0.15, -0.1) is 11.6 Å². The van der Waals surface area contributed by atoms with Crippen molar-refractivity contribution < 1.29 is 19.2 Å². The number of aromatic amines is 2. The minimum Gasteiger partial charge on any atom is -0.377 e. The first-order valence-electron chi connectivity index (χ1n) is 13.6. The molecule has 0 aliphatic carbocycles. The van der Waals surface area contributed by atoms with Gasteiger partial charge in [-0.05, 0) is 47.3 Å². The first kappa shape index (κ1) is 26.4. The Hall–Kier alpha value is -5.48. The maximum Gasteiger partial charge on any atom is 0.345 e. The van der Waals surface area contributed by atoms with E-state index in [9.17, 15) is 14.4 Å². The van der Waals surface area contributed by atoms with Gasteiger partial charge in [0.25, 0.3) is 11.8 Å². The Labute approximate surface area is 249 Å². The van der Waals surface area contributed by atoms with E-state index in [0.29, 0.717) is 40.9 Å². The van der Waals surface area contributed by atoms with Crippen molar-refractivity contribution in [3.63, 3.8) is 0 Å². The van der Waals surface area contributed by atoms with Gasteiger partial charge in [0.15, 0.2) is 5.75 Å². The van der Waals surface area contributed by atoms with Gasteiger partial charge in [-0.1, -0.05) is 42.5 Å². The molecule has 0 fully saturated rings. The number of H-pyrrole nitrogens is 2. The number of primary amides is 1. The molecule has 6 aromatic rings. The summed E-state index contributed by atoms with van der Waals surface area (Å²) in [6, 6.07) is 25.1. The largest absolute Gasteiger partial charge is 0.377 e. The van der Waals surface area contributed by atoms with Crippen LogP contribution in [-0.2, 0) is 0 Å². The fourth-order valence-electron chi connectivity index (χ4n) is 5.79. The minimum atomic E-state index is -0.842. The van der Waals surface area contributed by atoms with E-state index in [2.05, 4.69) is 20.8 Å². The molecule has 11 heteroatoms. The third-order valence-electron chi connectivity index (χ3n) is 7.71. The highest BCUT2D eigenvalue weighted by Crippen LogP contribution is 2.46. The average Bonchev–Trinajstić information content (AvgIpc) is 3.74. The zero-order chi connectivity index (χ0) is 29.7. The van der Waals surface area contributed by atoms with E-state index in [-0.39, 0.29) is 17.7 Å². The average molecular weight is 593 g/mol. The highest BCUT2D eigenvalue weighted by atomic mass is 35.5. The third kappa shape index (κ3) is 4.67. The third-order valence-corrected chi connectivity index (χ3v) is 8.08. The number of carbonyl (C=O) groups excluding carboxylic acids is 3. The van der Waals surface area contributed by atoms with Crippen molar-refractivity contribution in [3.8, 4) is 5.75 Å². The zero-order valence-corrected chi connectivity index (χ0v) is 23.4. The summed E-state index contributed by atoms with van der Waals surface area (Å²) in [5, 5.41) is 6.27. The SMILES string of the molecule is NC(=O)NOc1cc2c(c3ccccc13)[C@H](CCl)CN2C(=O)c1cc2cc(NC(=O)c3cc4ccccc4[nH]3)ccc2[nH]1. The number of rotatable bonds is 6. The molecule has 1 atom stereocenters. The summed E-state index contributed by atoms with van der Waals surface area (Å²) in [5.41, 5.74) is 12.0. The fraction of sp³-hybridized carbons (Fsp3) is 0.0938. The molecule has 214 valence electrons. The lowest BCUT2D eigenvalue weighted by molar-refractivity contribution is 0.0982. The van der Waals surface area contributed by atoms with Crippen LogP contribution in [0.25, 0.3) is 32.6 Å². The Morgan fingerprint density at radius 1 is 0.884 bits per heavy atom. The molecule has 4 amide bonds. The Kier molecular flexibility index (Phi) is 6.40. The molecule has 6 N–H and O–H groups in total. The molecule has 7 rings (SSSR count). The van der Waals surface area contributed by atoms with Crippen molar-refractivity contribution >= 4 is 73.4 Å². The Morgan fingerprint density at radius 2 is 1.60 bits per heavy atom. The van der Waals surface area contributed by atoms with Crippen molar-refractivity contribution in [1.29, 1.82) is 0 Å². The van der Waals surface area contributed by atoms with Crippen LogP contribution in [0.3, 0.4) is 0 Å². The first-order chi connectivity index (χ1) is 20.9.